The Labute approximate surface area is 99.7 Å². The molecule has 1 aromatic rings. The summed E-state index contributed by atoms with van der Waals surface area (Å²) < 4.78 is 15.6. The normalized spacial score (nSPS) is 16.6. The fraction of sp³-hybridized carbons (Fsp3) is 0.417. The van der Waals surface area contributed by atoms with Gasteiger partial charge < -0.3 is 14.2 Å². The molecule has 92 valence electrons. The van der Waals surface area contributed by atoms with Crippen LogP contribution in [0.4, 0.5) is 10.5 Å². The monoisotopic (exact) mass is 237 g/mol. The van der Waals surface area contributed by atoms with E-state index >= 15 is 0 Å². The number of fused-ring (bicyclic) bond motifs is 1. The minimum absolute atomic E-state index is 0.463. The van der Waals surface area contributed by atoms with E-state index in [0.29, 0.717) is 17.2 Å². The number of anilines is 1. The third-order valence-corrected chi connectivity index (χ3v) is 2.76. The average molecular weight is 237 g/mol. The molecule has 1 aliphatic rings. The molecule has 0 spiro atoms. The molecule has 1 N–H and O–H groups in total. The van der Waals surface area contributed by atoms with Gasteiger partial charge in [0.2, 0.25) is 0 Å². The van der Waals surface area contributed by atoms with E-state index in [2.05, 4.69) is 5.32 Å². The van der Waals surface area contributed by atoms with Crippen LogP contribution in [0.1, 0.15) is 19.4 Å². The lowest BCUT2D eigenvalue weighted by Crippen LogP contribution is -2.34. The maximum Gasteiger partial charge on any atom is 0.412 e. The Morgan fingerprint density at radius 1 is 1.18 bits per heavy atom. The second-order valence-corrected chi connectivity index (χ2v) is 4.28. The van der Waals surface area contributed by atoms with E-state index in [1.54, 1.807) is 20.3 Å². The van der Waals surface area contributed by atoms with Gasteiger partial charge in [-0.05, 0) is 19.9 Å². The first kappa shape index (κ1) is 11.6. The summed E-state index contributed by atoms with van der Waals surface area (Å²) in [6.45, 7) is 3.66. The van der Waals surface area contributed by atoms with Gasteiger partial charge in [-0.1, -0.05) is 0 Å². The number of hydrogen-bond acceptors (Lipinski definition) is 4. The van der Waals surface area contributed by atoms with Crippen LogP contribution in [0.3, 0.4) is 0 Å². The van der Waals surface area contributed by atoms with Gasteiger partial charge in [0.05, 0.1) is 19.9 Å². The lowest BCUT2D eigenvalue weighted by molar-refractivity contribution is 0.0418. The van der Waals surface area contributed by atoms with Crippen LogP contribution in [0.15, 0.2) is 12.1 Å². The second kappa shape index (κ2) is 3.84. The standard InChI is InChI=1S/C12H15NO4/c1-12(2)7-5-9(15-3)10(16-4)6-8(7)13-11(14)17-12/h5-6H,1-4H3,(H,13,14). The highest BCUT2D eigenvalue weighted by Crippen LogP contribution is 2.42. The Balaban J connectivity index is 2.59. The Bertz CT molecular complexity index is 468. The predicted octanol–water partition coefficient (Wildman–Crippen LogP) is 2.50. The summed E-state index contributed by atoms with van der Waals surface area (Å²) in [5.74, 6) is 1.18. The lowest BCUT2D eigenvalue weighted by Gasteiger charge is -2.33. The molecule has 5 nitrogen and oxygen atoms in total. The van der Waals surface area contributed by atoms with Crippen molar-refractivity contribution in [1.29, 1.82) is 0 Å². The van der Waals surface area contributed by atoms with Crippen LogP contribution in [0.25, 0.3) is 0 Å². The van der Waals surface area contributed by atoms with E-state index < -0.39 is 11.7 Å². The van der Waals surface area contributed by atoms with Gasteiger partial charge in [-0.25, -0.2) is 4.79 Å². The van der Waals surface area contributed by atoms with Crippen LogP contribution >= 0.6 is 0 Å². The maximum atomic E-state index is 11.4. The molecule has 0 saturated carbocycles. The number of ether oxygens (including phenoxy) is 3. The molecular weight excluding hydrogens is 222 g/mol. The van der Waals surface area contributed by atoms with E-state index in [4.69, 9.17) is 14.2 Å². The van der Waals surface area contributed by atoms with Gasteiger partial charge >= 0.3 is 6.09 Å². The van der Waals surface area contributed by atoms with Crippen molar-refractivity contribution in [2.45, 2.75) is 19.4 Å². The van der Waals surface area contributed by atoms with Crippen molar-refractivity contribution in [3.8, 4) is 11.5 Å². The number of carbonyl (C=O) groups is 1. The average Bonchev–Trinajstić information content (AvgIpc) is 2.26. The zero-order valence-electron chi connectivity index (χ0n) is 10.3. The molecule has 0 aromatic heterocycles. The van der Waals surface area contributed by atoms with Crippen molar-refractivity contribution in [2.75, 3.05) is 19.5 Å². The Morgan fingerprint density at radius 2 is 1.76 bits per heavy atom. The Hall–Kier alpha value is -1.91. The van der Waals surface area contributed by atoms with Gasteiger partial charge in [-0.15, -0.1) is 0 Å². The molecule has 1 heterocycles. The molecule has 0 unspecified atom stereocenters. The van der Waals surface area contributed by atoms with Crippen molar-refractivity contribution in [1.82, 2.24) is 0 Å². The van der Waals surface area contributed by atoms with Crippen LogP contribution in [0, 0.1) is 0 Å². The quantitative estimate of drug-likeness (QED) is 0.858. The van der Waals surface area contributed by atoms with Crippen LogP contribution in [-0.2, 0) is 10.3 Å². The second-order valence-electron chi connectivity index (χ2n) is 4.28. The zero-order chi connectivity index (χ0) is 12.6. The highest BCUT2D eigenvalue weighted by molar-refractivity contribution is 5.89. The number of hydrogen-bond donors (Lipinski definition) is 1. The number of carbonyl (C=O) groups excluding carboxylic acids is 1. The first-order valence-electron chi connectivity index (χ1n) is 5.24. The van der Waals surface area contributed by atoms with Crippen LogP contribution in [-0.4, -0.2) is 20.3 Å². The molecule has 1 aliphatic heterocycles. The summed E-state index contributed by atoms with van der Waals surface area (Å²) >= 11 is 0. The zero-order valence-corrected chi connectivity index (χ0v) is 10.3. The minimum Gasteiger partial charge on any atom is -0.493 e. The van der Waals surface area contributed by atoms with Crippen molar-refractivity contribution < 1.29 is 19.0 Å². The maximum absolute atomic E-state index is 11.4. The fourth-order valence-corrected chi connectivity index (χ4v) is 1.90. The number of cyclic esters (lactones) is 1. The van der Waals surface area contributed by atoms with Gasteiger partial charge in [-0.3, -0.25) is 5.32 Å². The first-order valence-corrected chi connectivity index (χ1v) is 5.24. The highest BCUT2D eigenvalue weighted by Gasteiger charge is 2.34. The lowest BCUT2D eigenvalue weighted by atomic mass is 9.94. The molecule has 0 aliphatic carbocycles. The summed E-state index contributed by atoms with van der Waals surface area (Å²) in [5.41, 5.74) is 0.857. The third-order valence-electron chi connectivity index (χ3n) is 2.76. The molecule has 5 heteroatoms. The first-order chi connectivity index (χ1) is 7.97. The van der Waals surface area contributed by atoms with Crippen molar-refractivity contribution in [3.05, 3.63) is 17.7 Å². The third kappa shape index (κ3) is 1.88. The van der Waals surface area contributed by atoms with Crippen LogP contribution < -0.4 is 14.8 Å². The van der Waals surface area contributed by atoms with Crippen LogP contribution in [0.5, 0.6) is 11.5 Å². The van der Waals surface area contributed by atoms with E-state index in [1.807, 2.05) is 19.9 Å². The summed E-state index contributed by atoms with van der Waals surface area (Å²) in [5, 5.41) is 2.64. The highest BCUT2D eigenvalue weighted by atomic mass is 16.6. The molecule has 17 heavy (non-hydrogen) atoms. The Morgan fingerprint density at radius 3 is 2.35 bits per heavy atom. The van der Waals surface area contributed by atoms with Gasteiger partial charge in [0, 0.05) is 11.6 Å². The van der Waals surface area contributed by atoms with Gasteiger partial charge in [0.1, 0.15) is 5.60 Å². The molecule has 0 atom stereocenters. The molecule has 2 rings (SSSR count). The summed E-state index contributed by atoms with van der Waals surface area (Å²) in [6, 6.07) is 3.55. The molecular formula is C12H15NO4. The van der Waals surface area contributed by atoms with Gasteiger partial charge in [0.25, 0.3) is 0 Å². The van der Waals surface area contributed by atoms with Crippen molar-refractivity contribution in [3.63, 3.8) is 0 Å². The molecule has 1 aromatic carbocycles. The van der Waals surface area contributed by atoms with Gasteiger partial charge in [0.15, 0.2) is 11.5 Å². The molecule has 0 bridgehead atoms. The SMILES string of the molecule is COc1cc2c(cc1OC)C(C)(C)OC(=O)N2. The molecule has 0 fully saturated rings. The summed E-state index contributed by atoms with van der Waals surface area (Å²) in [4.78, 5) is 11.4. The van der Waals surface area contributed by atoms with Crippen LogP contribution in [0.2, 0.25) is 0 Å². The number of rotatable bonds is 2. The number of benzene rings is 1. The van der Waals surface area contributed by atoms with E-state index in [9.17, 15) is 4.79 Å². The molecule has 0 radical (unpaired) electrons. The number of methoxy groups -OCH3 is 2. The Kier molecular flexibility index (Phi) is 2.61. The number of amides is 1. The number of nitrogens with one attached hydrogen (secondary N) is 1. The molecule has 1 amide bonds. The smallest absolute Gasteiger partial charge is 0.412 e. The van der Waals surface area contributed by atoms with Gasteiger partial charge in [-0.2, -0.15) is 0 Å². The summed E-state index contributed by atoms with van der Waals surface area (Å²) in [6.07, 6.45) is -0.463. The van der Waals surface area contributed by atoms with E-state index in [0.717, 1.165) is 5.56 Å². The largest absolute Gasteiger partial charge is 0.493 e. The summed E-state index contributed by atoms with van der Waals surface area (Å²) in [7, 11) is 3.12. The van der Waals surface area contributed by atoms with Crippen molar-refractivity contribution in [2.24, 2.45) is 0 Å². The van der Waals surface area contributed by atoms with E-state index in [1.165, 1.54) is 0 Å². The predicted molar refractivity (Wildman–Crippen MR) is 62.7 cm³/mol. The van der Waals surface area contributed by atoms with E-state index in [-0.39, 0.29) is 0 Å². The minimum atomic E-state index is -0.683. The van der Waals surface area contributed by atoms with Crippen molar-refractivity contribution >= 4 is 11.8 Å². The topological polar surface area (TPSA) is 56.8 Å². The fourth-order valence-electron chi connectivity index (χ4n) is 1.90. The molecule has 0 saturated heterocycles.